The van der Waals surface area contributed by atoms with Gasteiger partial charge in [0.15, 0.2) is 0 Å². The summed E-state index contributed by atoms with van der Waals surface area (Å²) in [7, 11) is 0. The van der Waals surface area contributed by atoms with E-state index in [1.54, 1.807) is 17.8 Å². The zero-order valence-electron chi connectivity index (χ0n) is 7.17. The normalized spacial score (nSPS) is 8.09. The largest absolute Gasteiger partial charge is 1.00 e. The van der Waals surface area contributed by atoms with Gasteiger partial charge in [-0.05, 0) is 16.5 Å². The Balaban J connectivity index is 0. The number of nitrogens with zero attached hydrogens (tertiary/aromatic N) is 1. The monoisotopic (exact) mass is 197 g/mol. The molecule has 0 N–H and O–H groups in total. The minimum absolute atomic E-state index is 0. The molecule has 0 aromatic carbocycles. The summed E-state index contributed by atoms with van der Waals surface area (Å²) >= 11 is 6.57. The molecule has 0 bridgehead atoms. The fourth-order valence-electron chi connectivity index (χ4n) is 0.374. The van der Waals surface area contributed by atoms with Gasteiger partial charge in [-0.2, -0.15) is 0 Å². The van der Waals surface area contributed by atoms with Crippen molar-refractivity contribution in [1.82, 2.24) is 0 Å². The summed E-state index contributed by atoms with van der Waals surface area (Å²) < 4.78 is 0.752. The summed E-state index contributed by atoms with van der Waals surface area (Å²) in [6, 6.07) is 0. The van der Waals surface area contributed by atoms with E-state index in [0.29, 0.717) is 6.54 Å². The Labute approximate surface area is 101 Å². The molecule has 4 heteroatoms. The Morgan fingerprint density at radius 2 is 2.36 bits per heavy atom. The maximum atomic E-state index is 4.93. The van der Waals surface area contributed by atoms with Crippen molar-refractivity contribution in [3.63, 3.8) is 0 Å². The Hall–Kier alpha value is 0.980. The zero-order chi connectivity index (χ0) is 7.82. The van der Waals surface area contributed by atoms with Crippen LogP contribution in [0, 0.1) is 0 Å². The van der Waals surface area contributed by atoms with E-state index in [1.165, 1.54) is 0 Å². The van der Waals surface area contributed by atoms with Gasteiger partial charge < -0.3 is 5.32 Å². The first-order valence-electron chi connectivity index (χ1n) is 3.26. The van der Waals surface area contributed by atoms with Crippen molar-refractivity contribution in [2.75, 3.05) is 12.3 Å². The molecule has 0 aromatic heterocycles. The number of hydrogen-bond donors (Lipinski definition) is 0. The molecule has 0 unspecified atom stereocenters. The minimum Gasteiger partial charge on any atom is -0.666 e. The van der Waals surface area contributed by atoms with E-state index in [4.69, 9.17) is 12.2 Å². The van der Waals surface area contributed by atoms with Crippen molar-refractivity contribution < 1.29 is 29.6 Å². The Morgan fingerprint density at radius 1 is 1.73 bits per heavy atom. The van der Waals surface area contributed by atoms with E-state index >= 15 is 0 Å². The predicted molar refractivity (Wildman–Crippen MR) is 53.8 cm³/mol. The number of thioether (sulfide) groups is 1. The van der Waals surface area contributed by atoms with Gasteiger partial charge in [-0.1, -0.05) is 19.1 Å². The second-order valence-electron chi connectivity index (χ2n) is 1.74. The Morgan fingerprint density at radius 3 is 2.82 bits per heavy atom. The predicted octanol–water partition coefficient (Wildman–Crippen LogP) is -0.0218. The molecule has 0 aromatic rings. The van der Waals surface area contributed by atoms with Crippen LogP contribution in [0.3, 0.4) is 0 Å². The maximum absolute atomic E-state index is 4.93. The minimum atomic E-state index is 0. The molecule has 0 spiro atoms. The van der Waals surface area contributed by atoms with Crippen LogP contribution in [-0.4, -0.2) is 16.6 Å². The smallest absolute Gasteiger partial charge is 0.666 e. The fraction of sp³-hybridized carbons (Fsp3) is 0.571. The summed E-state index contributed by atoms with van der Waals surface area (Å²) in [6.45, 7) is 6.33. The van der Waals surface area contributed by atoms with E-state index in [9.17, 15) is 0 Å². The molecule has 0 aliphatic carbocycles. The van der Waals surface area contributed by atoms with Gasteiger partial charge in [0, 0.05) is 0 Å². The van der Waals surface area contributed by atoms with E-state index in [2.05, 4.69) is 18.8 Å². The summed E-state index contributed by atoms with van der Waals surface area (Å²) in [5.74, 6) is 1.07. The molecule has 0 saturated carbocycles. The molecular formula is C7H12NNaS2. The molecule has 0 rings (SSSR count). The first kappa shape index (κ1) is 14.5. The Kier molecular flexibility index (Phi) is 14.5. The standard InChI is InChI=1S/C7H13NS2.Na/c1-3-5-8-7(9)10-6-4-2;/h3H,1,4-6H2,2H3,(H,8,9);/q;+1/p-1. The third-order valence-electron chi connectivity index (χ3n) is 0.779. The summed E-state index contributed by atoms with van der Waals surface area (Å²) in [5, 5.41) is 4.06. The summed E-state index contributed by atoms with van der Waals surface area (Å²) in [4.78, 5) is 0. The molecular weight excluding hydrogens is 185 g/mol. The summed E-state index contributed by atoms with van der Waals surface area (Å²) in [5.41, 5.74) is 0. The molecule has 0 radical (unpaired) electrons. The molecule has 0 heterocycles. The first-order chi connectivity index (χ1) is 4.81. The van der Waals surface area contributed by atoms with E-state index < -0.39 is 0 Å². The molecule has 58 valence electrons. The van der Waals surface area contributed by atoms with Gasteiger partial charge in [-0.15, -0.1) is 31.0 Å². The van der Waals surface area contributed by atoms with Crippen LogP contribution < -0.4 is 29.6 Å². The van der Waals surface area contributed by atoms with Gasteiger partial charge in [-0.3, -0.25) is 0 Å². The van der Waals surface area contributed by atoms with Crippen molar-refractivity contribution in [3.05, 3.63) is 18.0 Å². The molecule has 0 fully saturated rings. The van der Waals surface area contributed by atoms with Crippen molar-refractivity contribution in [2.24, 2.45) is 0 Å². The van der Waals surface area contributed by atoms with Crippen molar-refractivity contribution >= 4 is 28.3 Å². The molecule has 0 aliphatic heterocycles. The molecule has 1 nitrogen and oxygen atoms in total. The molecule has 11 heavy (non-hydrogen) atoms. The summed E-state index contributed by atoms with van der Waals surface area (Å²) in [6.07, 6.45) is 2.90. The van der Waals surface area contributed by atoms with Crippen LogP contribution >= 0.6 is 24.0 Å². The molecule has 0 amide bonds. The van der Waals surface area contributed by atoms with Gasteiger partial charge in [0.25, 0.3) is 0 Å². The third kappa shape index (κ3) is 11.0. The van der Waals surface area contributed by atoms with Gasteiger partial charge in [-0.25, -0.2) is 0 Å². The number of hydrogen-bond acceptors (Lipinski definition) is 2. The first-order valence-corrected chi connectivity index (χ1v) is 4.65. The Bertz CT molecular complexity index is 117. The van der Waals surface area contributed by atoms with Crippen molar-refractivity contribution in [1.29, 1.82) is 0 Å². The number of rotatable bonds is 4. The van der Waals surface area contributed by atoms with Crippen LogP contribution in [0.5, 0.6) is 0 Å². The third-order valence-corrected chi connectivity index (χ3v) is 2.25. The molecule has 0 saturated heterocycles. The number of thiocarbonyl (C=S) groups is 1. The van der Waals surface area contributed by atoms with E-state index in [1.807, 2.05) is 0 Å². The van der Waals surface area contributed by atoms with Gasteiger partial charge in [0.05, 0.1) is 0 Å². The molecule has 0 atom stereocenters. The van der Waals surface area contributed by atoms with Crippen LogP contribution in [0.15, 0.2) is 12.7 Å². The topological polar surface area (TPSA) is 14.1 Å². The SMILES string of the molecule is C=CC[N-]C(=S)SCCC.[Na+]. The van der Waals surface area contributed by atoms with Crippen molar-refractivity contribution in [3.8, 4) is 0 Å². The van der Waals surface area contributed by atoms with E-state index in [-0.39, 0.29) is 29.6 Å². The second kappa shape index (κ2) is 11.0. The quantitative estimate of drug-likeness (QED) is 0.357. The van der Waals surface area contributed by atoms with Gasteiger partial charge in [0.2, 0.25) is 0 Å². The fourth-order valence-corrected chi connectivity index (χ4v) is 1.24. The second-order valence-corrected chi connectivity index (χ2v) is 3.47. The van der Waals surface area contributed by atoms with Crippen LogP contribution in [0.25, 0.3) is 5.32 Å². The van der Waals surface area contributed by atoms with Crippen LogP contribution in [-0.2, 0) is 0 Å². The molecule has 0 aliphatic rings. The van der Waals surface area contributed by atoms with Crippen molar-refractivity contribution in [2.45, 2.75) is 13.3 Å². The van der Waals surface area contributed by atoms with Gasteiger partial charge in [0.1, 0.15) is 0 Å². The van der Waals surface area contributed by atoms with Crippen LogP contribution in [0.1, 0.15) is 13.3 Å². The van der Waals surface area contributed by atoms with Crippen LogP contribution in [0.2, 0.25) is 0 Å². The average Bonchev–Trinajstić information content (AvgIpc) is 1.97. The maximum Gasteiger partial charge on any atom is 1.00 e. The van der Waals surface area contributed by atoms with Gasteiger partial charge >= 0.3 is 29.6 Å². The van der Waals surface area contributed by atoms with Crippen LogP contribution in [0.4, 0.5) is 0 Å². The average molecular weight is 197 g/mol. The zero-order valence-corrected chi connectivity index (χ0v) is 10.8. The van der Waals surface area contributed by atoms with E-state index in [0.717, 1.165) is 16.5 Å².